The molecule has 0 atom stereocenters. The molecule has 0 unspecified atom stereocenters. The third kappa shape index (κ3) is 4.01. The summed E-state index contributed by atoms with van der Waals surface area (Å²) in [5.41, 5.74) is 3.96. The first-order chi connectivity index (χ1) is 11.5. The Hall–Kier alpha value is -2.19. The van der Waals surface area contributed by atoms with Gasteiger partial charge >= 0.3 is 0 Å². The predicted molar refractivity (Wildman–Crippen MR) is 97.1 cm³/mol. The van der Waals surface area contributed by atoms with E-state index in [0.29, 0.717) is 34.7 Å². The molecule has 0 spiro atoms. The van der Waals surface area contributed by atoms with E-state index in [-0.39, 0.29) is 0 Å². The lowest BCUT2D eigenvalue weighted by Gasteiger charge is -2.16. The number of rotatable bonds is 6. The van der Waals surface area contributed by atoms with Crippen LogP contribution in [-0.4, -0.2) is 20.3 Å². The highest BCUT2D eigenvalue weighted by atomic mass is 79.9. The number of ether oxygens (including phenoxy) is 3. The Labute approximate surface area is 151 Å². The molecule has 0 aliphatic rings. The molecule has 0 aromatic heterocycles. The molecular weight excluding hydrogens is 370 g/mol. The SMILES string of the molecule is COc1cc(C#N)cc(Br)c1OCCOc1c(C)ccc(C)c1C. The Morgan fingerprint density at radius 1 is 1.00 bits per heavy atom. The van der Waals surface area contributed by atoms with Gasteiger partial charge in [-0.2, -0.15) is 5.26 Å². The summed E-state index contributed by atoms with van der Waals surface area (Å²) in [6.45, 7) is 6.94. The highest BCUT2D eigenvalue weighted by Gasteiger charge is 2.12. The van der Waals surface area contributed by atoms with Gasteiger partial charge in [-0.1, -0.05) is 12.1 Å². The van der Waals surface area contributed by atoms with E-state index < -0.39 is 0 Å². The summed E-state index contributed by atoms with van der Waals surface area (Å²) in [6.07, 6.45) is 0. The minimum Gasteiger partial charge on any atom is -0.493 e. The second-order valence-corrected chi connectivity index (χ2v) is 6.31. The minimum atomic E-state index is 0.369. The topological polar surface area (TPSA) is 51.5 Å². The third-order valence-electron chi connectivity index (χ3n) is 3.81. The van der Waals surface area contributed by atoms with Crippen molar-refractivity contribution in [2.45, 2.75) is 20.8 Å². The quantitative estimate of drug-likeness (QED) is 0.671. The van der Waals surface area contributed by atoms with Gasteiger partial charge in [0.05, 0.1) is 23.2 Å². The number of nitrogens with zero attached hydrogens (tertiary/aromatic N) is 1. The molecule has 0 N–H and O–H groups in total. The number of hydrogen-bond acceptors (Lipinski definition) is 4. The van der Waals surface area contributed by atoms with E-state index in [0.717, 1.165) is 16.9 Å². The molecule has 2 aromatic carbocycles. The molecule has 126 valence electrons. The molecule has 5 heteroatoms. The van der Waals surface area contributed by atoms with E-state index in [1.807, 2.05) is 6.92 Å². The molecule has 0 bridgehead atoms. The average Bonchev–Trinajstić information content (AvgIpc) is 2.58. The average molecular weight is 390 g/mol. The van der Waals surface area contributed by atoms with Crippen LogP contribution in [0.1, 0.15) is 22.3 Å². The van der Waals surface area contributed by atoms with Crippen molar-refractivity contribution in [3.8, 4) is 23.3 Å². The lowest BCUT2D eigenvalue weighted by atomic mass is 10.1. The highest BCUT2D eigenvalue weighted by Crippen LogP contribution is 2.36. The van der Waals surface area contributed by atoms with E-state index in [1.165, 1.54) is 5.56 Å². The molecule has 2 rings (SSSR count). The van der Waals surface area contributed by atoms with Gasteiger partial charge in [0.25, 0.3) is 0 Å². The molecule has 4 nitrogen and oxygen atoms in total. The second kappa shape index (κ2) is 8.07. The van der Waals surface area contributed by atoms with Crippen LogP contribution in [0, 0.1) is 32.1 Å². The Morgan fingerprint density at radius 2 is 1.62 bits per heavy atom. The molecule has 0 amide bonds. The normalized spacial score (nSPS) is 10.2. The zero-order valence-corrected chi connectivity index (χ0v) is 15.9. The molecule has 0 saturated heterocycles. The maximum Gasteiger partial charge on any atom is 0.175 e. The van der Waals surface area contributed by atoms with Gasteiger partial charge in [0.15, 0.2) is 11.5 Å². The molecule has 0 aliphatic heterocycles. The van der Waals surface area contributed by atoms with Gasteiger partial charge in [-0.25, -0.2) is 0 Å². The molecule has 0 saturated carbocycles. The van der Waals surface area contributed by atoms with Gasteiger partial charge in [-0.3, -0.25) is 0 Å². The Morgan fingerprint density at radius 3 is 2.25 bits per heavy atom. The van der Waals surface area contributed by atoms with Crippen LogP contribution < -0.4 is 14.2 Å². The van der Waals surface area contributed by atoms with Crippen LogP contribution in [0.2, 0.25) is 0 Å². The summed E-state index contributed by atoms with van der Waals surface area (Å²) in [5.74, 6) is 1.99. The Bertz CT molecular complexity index is 781. The molecule has 0 aliphatic carbocycles. The van der Waals surface area contributed by atoms with E-state index in [2.05, 4.69) is 48.0 Å². The first kappa shape index (κ1) is 18.2. The van der Waals surface area contributed by atoms with E-state index in [9.17, 15) is 0 Å². The smallest absolute Gasteiger partial charge is 0.175 e. The van der Waals surface area contributed by atoms with Crippen molar-refractivity contribution in [1.82, 2.24) is 0 Å². The number of hydrogen-bond donors (Lipinski definition) is 0. The van der Waals surface area contributed by atoms with Crippen molar-refractivity contribution in [3.05, 3.63) is 51.0 Å². The van der Waals surface area contributed by atoms with Gasteiger partial charge in [-0.05, 0) is 59.5 Å². The zero-order chi connectivity index (χ0) is 17.7. The van der Waals surface area contributed by atoms with Crippen molar-refractivity contribution in [3.63, 3.8) is 0 Å². The number of benzene rings is 2. The maximum atomic E-state index is 9.00. The predicted octanol–water partition coefficient (Wildman–Crippen LogP) is 4.71. The van der Waals surface area contributed by atoms with Gasteiger partial charge in [0.1, 0.15) is 19.0 Å². The monoisotopic (exact) mass is 389 g/mol. The molecule has 0 heterocycles. The standard InChI is InChI=1S/C19H20BrNO3/c1-12-5-6-13(2)18(14(12)3)23-7-8-24-19-16(20)9-15(11-21)10-17(19)22-4/h5-6,9-10H,7-8H2,1-4H3. The second-order valence-electron chi connectivity index (χ2n) is 5.45. The van der Waals surface area contributed by atoms with Crippen LogP contribution in [0.25, 0.3) is 0 Å². The molecule has 24 heavy (non-hydrogen) atoms. The minimum absolute atomic E-state index is 0.369. The van der Waals surface area contributed by atoms with Gasteiger partial charge in [-0.15, -0.1) is 0 Å². The zero-order valence-electron chi connectivity index (χ0n) is 14.3. The fourth-order valence-corrected chi connectivity index (χ4v) is 2.92. The van der Waals surface area contributed by atoms with Crippen LogP contribution >= 0.6 is 15.9 Å². The maximum absolute atomic E-state index is 9.00. The lowest BCUT2D eigenvalue weighted by Crippen LogP contribution is -2.11. The molecule has 0 radical (unpaired) electrons. The van der Waals surface area contributed by atoms with Crippen molar-refractivity contribution >= 4 is 15.9 Å². The number of methoxy groups -OCH3 is 1. The van der Waals surface area contributed by atoms with E-state index in [1.54, 1.807) is 19.2 Å². The largest absolute Gasteiger partial charge is 0.493 e. The van der Waals surface area contributed by atoms with E-state index in [4.69, 9.17) is 19.5 Å². The van der Waals surface area contributed by atoms with Crippen molar-refractivity contribution < 1.29 is 14.2 Å². The first-order valence-corrected chi connectivity index (χ1v) is 8.37. The summed E-state index contributed by atoms with van der Waals surface area (Å²) in [7, 11) is 1.55. The van der Waals surface area contributed by atoms with Crippen LogP contribution in [0.4, 0.5) is 0 Å². The molecule has 0 fully saturated rings. The number of halogens is 1. The first-order valence-electron chi connectivity index (χ1n) is 7.58. The summed E-state index contributed by atoms with van der Waals surface area (Å²) in [5, 5.41) is 9.00. The van der Waals surface area contributed by atoms with Crippen LogP contribution in [-0.2, 0) is 0 Å². The number of aryl methyl sites for hydroxylation is 2. The molecular formula is C19H20BrNO3. The van der Waals surface area contributed by atoms with E-state index >= 15 is 0 Å². The summed E-state index contributed by atoms with van der Waals surface area (Å²) in [4.78, 5) is 0. The third-order valence-corrected chi connectivity index (χ3v) is 4.40. The van der Waals surface area contributed by atoms with Crippen LogP contribution in [0.3, 0.4) is 0 Å². The van der Waals surface area contributed by atoms with Gasteiger partial charge in [0, 0.05) is 6.07 Å². The highest BCUT2D eigenvalue weighted by molar-refractivity contribution is 9.10. The fourth-order valence-electron chi connectivity index (χ4n) is 2.36. The summed E-state index contributed by atoms with van der Waals surface area (Å²) >= 11 is 3.41. The van der Waals surface area contributed by atoms with Crippen LogP contribution in [0.15, 0.2) is 28.7 Å². The molecule has 2 aromatic rings. The van der Waals surface area contributed by atoms with Crippen molar-refractivity contribution in [1.29, 1.82) is 5.26 Å². The Balaban J connectivity index is 2.04. The summed E-state index contributed by atoms with van der Waals surface area (Å²) in [6, 6.07) is 9.58. The van der Waals surface area contributed by atoms with Crippen LogP contribution in [0.5, 0.6) is 17.2 Å². The fraction of sp³-hybridized carbons (Fsp3) is 0.316. The van der Waals surface area contributed by atoms with Crippen molar-refractivity contribution in [2.75, 3.05) is 20.3 Å². The van der Waals surface area contributed by atoms with Gasteiger partial charge in [0.2, 0.25) is 0 Å². The lowest BCUT2D eigenvalue weighted by molar-refractivity contribution is 0.209. The van der Waals surface area contributed by atoms with Gasteiger partial charge < -0.3 is 14.2 Å². The van der Waals surface area contributed by atoms with Crippen molar-refractivity contribution in [2.24, 2.45) is 0 Å². The Kier molecular flexibility index (Phi) is 6.10. The summed E-state index contributed by atoms with van der Waals surface area (Å²) < 4.78 is 17.7. The number of nitriles is 1.